The second-order valence-corrected chi connectivity index (χ2v) is 7.22. The quantitative estimate of drug-likeness (QED) is 0.585. The predicted octanol–water partition coefficient (Wildman–Crippen LogP) is 2.51. The molecule has 0 aliphatic rings. The average molecular weight is 440 g/mol. The maximum absolute atomic E-state index is 13.1. The van der Waals surface area contributed by atoms with E-state index in [1.54, 1.807) is 38.2 Å². The molecule has 7 nitrogen and oxygen atoms in total. The highest BCUT2D eigenvalue weighted by atomic mass is 79.9. The van der Waals surface area contributed by atoms with Crippen molar-refractivity contribution in [2.24, 2.45) is 7.05 Å². The number of hydrogen-bond acceptors (Lipinski definition) is 4. The summed E-state index contributed by atoms with van der Waals surface area (Å²) < 4.78 is 4.25. The molecule has 1 aromatic carbocycles. The summed E-state index contributed by atoms with van der Waals surface area (Å²) in [5.74, 6) is -0.125. The molecule has 0 radical (unpaired) electrons. The van der Waals surface area contributed by atoms with Crippen molar-refractivity contribution in [2.45, 2.75) is 26.4 Å². The molecule has 0 fully saturated rings. The van der Waals surface area contributed by atoms with E-state index in [0.29, 0.717) is 9.76 Å². The van der Waals surface area contributed by atoms with Gasteiger partial charge in [-0.25, -0.2) is 9.78 Å². The number of ketones is 1. The number of fused-ring (bicyclic) bond motifs is 1. The van der Waals surface area contributed by atoms with Crippen LogP contribution in [0.25, 0.3) is 11.2 Å². The van der Waals surface area contributed by atoms with Crippen LogP contribution in [-0.2, 0) is 18.4 Å². The van der Waals surface area contributed by atoms with Crippen molar-refractivity contribution >= 4 is 44.5 Å². The Morgan fingerprint density at radius 1 is 1.35 bits per heavy atom. The van der Waals surface area contributed by atoms with E-state index in [4.69, 9.17) is 11.6 Å². The second-order valence-electron chi connectivity index (χ2n) is 6.07. The molecule has 0 bridgehead atoms. The van der Waals surface area contributed by atoms with Crippen LogP contribution in [0.4, 0.5) is 0 Å². The standard InChI is InChI=1S/C17H16BrClN4O3/c1-9(10(2)24)23-13-14(20-16(23)18)21(3)17(26)22(15(13)25)8-11-5-4-6-12(19)7-11/h4-7,9H,8H2,1-3H3/t9-/m0/s1. The third-order valence-electron chi connectivity index (χ3n) is 4.34. The van der Waals surface area contributed by atoms with Gasteiger partial charge >= 0.3 is 5.69 Å². The number of imidazole rings is 1. The highest BCUT2D eigenvalue weighted by molar-refractivity contribution is 9.10. The van der Waals surface area contributed by atoms with Crippen LogP contribution in [0.2, 0.25) is 5.02 Å². The molecule has 9 heteroatoms. The van der Waals surface area contributed by atoms with E-state index in [2.05, 4.69) is 20.9 Å². The van der Waals surface area contributed by atoms with Gasteiger partial charge in [0.1, 0.15) is 0 Å². The van der Waals surface area contributed by atoms with Crippen molar-refractivity contribution in [3.63, 3.8) is 0 Å². The molecule has 0 saturated heterocycles. The van der Waals surface area contributed by atoms with E-state index in [1.165, 1.54) is 16.1 Å². The van der Waals surface area contributed by atoms with Gasteiger partial charge in [-0.1, -0.05) is 23.7 Å². The van der Waals surface area contributed by atoms with E-state index < -0.39 is 17.3 Å². The first-order valence-corrected chi connectivity index (χ1v) is 9.01. The Labute approximate surface area is 162 Å². The summed E-state index contributed by atoms with van der Waals surface area (Å²) in [6.45, 7) is 3.19. The third kappa shape index (κ3) is 3.03. The minimum absolute atomic E-state index is 0.0687. The van der Waals surface area contributed by atoms with Crippen LogP contribution in [-0.4, -0.2) is 24.5 Å². The first-order chi connectivity index (χ1) is 12.2. The highest BCUT2D eigenvalue weighted by Crippen LogP contribution is 2.22. The summed E-state index contributed by atoms with van der Waals surface area (Å²) in [6, 6.07) is 6.36. The Balaban J connectivity index is 2.31. The molecule has 0 unspecified atom stereocenters. The van der Waals surface area contributed by atoms with Gasteiger partial charge in [0.05, 0.1) is 12.6 Å². The SMILES string of the molecule is CC(=O)[C@H](C)n1c(Br)nc2c1c(=O)n(Cc1cccc(Cl)c1)c(=O)n2C. The number of Topliss-reactive ketones (excluding diaryl/α,β-unsaturated/α-hetero) is 1. The van der Waals surface area contributed by atoms with Crippen LogP contribution >= 0.6 is 27.5 Å². The van der Waals surface area contributed by atoms with Crippen LogP contribution in [0.1, 0.15) is 25.5 Å². The number of benzene rings is 1. The zero-order valence-electron chi connectivity index (χ0n) is 14.4. The Morgan fingerprint density at radius 2 is 2.04 bits per heavy atom. The molecular formula is C17H16BrClN4O3. The fourth-order valence-electron chi connectivity index (χ4n) is 2.81. The van der Waals surface area contributed by atoms with Crippen molar-refractivity contribution in [2.75, 3.05) is 0 Å². The lowest BCUT2D eigenvalue weighted by Gasteiger charge is -2.13. The number of halogens is 2. The second kappa shape index (κ2) is 6.85. The molecule has 0 N–H and O–H groups in total. The minimum Gasteiger partial charge on any atom is -0.302 e. The maximum atomic E-state index is 13.1. The van der Waals surface area contributed by atoms with Crippen LogP contribution in [0, 0.1) is 0 Å². The lowest BCUT2D eigenvalue weighted by Crippen LogP contribution is -2.40. The Bertz CT molecular complexity index is 1150. The molecule has 0 aliphatic carbocycles. The van der Waals surface area contributed by atoms with Crippen LogP contribution in [0.15, 0.2) is 38.6 Å². The molecule has 3 aromatic rings. The number of hydrogen-bond donors (Lipinski definition) is 0. The van der Waals surface area contributed by atoms with Crippen molar-refractivity contribution in [3.05, 3.63) is 60.4 Å². The van der Waals surface area contributed by atoms with E-state index in [9.17, 15) is 14.4 Å². The number of aromatic nitrogens is 4. The van der Waals surface area contributed by atoms with Crippen molar-refractivity contribution in [3.8, 4) is 0 Å². The first kappa shape index (κ1) is 18.6. The molecule has 26 heavy (non-hydrogen) atoms. The topological polar surface area (TPSA) is 78.9 Å². The number of rotatable bonds is 4. The monoisotopic (exact) mass is 438 g/mol. The Kier molecular flexibility index (Phi) is 4.90. The molecule has 0 saturated carbocycles. The fraction of sp³-hybridized carbons (Fsp3) is 0.294. The number of aryl methyl sites for hydroxylation is 1. The lowest BCUT2D eigenvalue weighted by atomic mass is 10.2. The van der Waals surface area contributed by atoms with Crippen LogP contribution < -0.4 is 11.2 Å². The number of carbonyl (C=O) groups excluding carboxylic acids is 1. The van der Waals surface area contributed by atoms with Gasteiger partial charge in [-0.3, -0.25) is 18.7 Å². The largest absolute Gasteiger partial charge is 0.332 e. The van der Waals surface area contributed by atoms with E-state index in [0.717, 1.165) is 10.1 Å². The summed E-state index contributed by atoms with van der Waals surface area (Å²) in [5.41, 5.74) is 0.149. The first-order valence-electron chi connectivity index (χ1n) is 7.84. The third-order valence-corrected chi connectivity index (χ3v) is 5.13. The van der Waals surface area contributed by atoms with Crippen molar-refractivity contribution in [1.82, 2.24) is 18.7 Å². The molecule has 0 spiro atoms. The summed E-state index contributed by atoms with van der Waals surface area (Å²) >= 11 is 9.28. The summed E-state index contributed by atoms with van der Waals surface area (Å²) in [6.07, 6.45) is 0. The average Bonchev–Trinajstić information content (AvgIpc) is 2.93. The van der Waals surface area contributed by atoms with Crippen LogP contribution in [0.3, 0.4) is 0 Å². The fourth-order valence-corrected chi connectivity index (χ4v) is 3.67. The zero-order chi connectivity index (χ0) is 19.2. The van der Waals surface area contributed by atoms with E-state index >= 15 is 0 Å². The zero-order valence-corrected chi connectivity index (χ0v) is 16.7. The van der Waals surface area contributed by atoms with Gasteiger partial charge < -0.3 is 4.57 Å². The molecule has 3 rings (SSSR count). The van der Waals surface area contributed by atoms with Gasteiger partial charge in [-0.05, 0) is 47.5 Å². The highest BCUT2D eigenvalue weighted by Gasteiger charge is 2.24. The van der Waals surface area contributed by atoms with Gasteiger partial charge in [-0.15, -0.1) is 0 Å². The Hall–Kier alpha value is -2.19. The number of nitrogens with zero attached hydrogens (tertiary/aromatic N) is 4. The van der Waals surface area contributed by atoms with Gasteiger partial charge in [0.25, 0.3) is 5.56 Å². The van der Waals surface area contributed by atoms with Crippen LogP contribution in [0.5, 0.6) is 0 Å². The molecule has 136 valence electrons. The molecule has 1 atom stereocenters. The van der Waals surface area contributed by atoms with Gasteiger partial charge in [0.2, 0.25) is 0 Å². The Morgan fingerprint density at radius 3 is 2.65 bits per heavy atom. The maximum Gasteiger partial charge on any atom is 0.332 e. The predicted molar refractivity (Wildman–Crippen MR) is 103 cm³/mol. The molecule has 0 amide bonds. The molecule has 2 aromatic heterocycles. The smallest absolute Gasteiger partial charge is 0.302 e. The van der Waals surface area contributed by atoms with Gasteiger partial charge in [0, 0.05) is 12.1 Å². The summed E-state index contributed by atoms with van der Waals surface area (Å²) in [7, 11) is 1.54. The van der Waals surface area contributed by atoms with Crippen molar-refractivity contribution < 1.29 is 4.79 Å². The summed E-state index contributed by atoms with van der Waals surface area (Å²) in [4.78, 5) is 41.9. The van der Waals surface area contributed by atoms with Crippen molar-refractivity contribution in [1.29, 1.82) is 0 Å². The summed E-state index contributed by atoms with van der Waals surface area (Å²) in [5, 5.41) is 0.520. The molecule has 2 heterocycles. The minimum atomic E-state index is -0.598. The van der Waals surface area contributed by atoms with Gasteiger partial charge in [-0.2, -0.15) is 0 Å². The normalized spacial score (nSPS) is 12.5. The van der Waals surface area contributed by atoms with E-state index in [-0.39, 0.29) is 23.5 Å². The molecule has 0 aliphatic heterocycles. The number of carbonyl (C=O) groups is 1. The lowest BCUT2D eigenvalue weighted by molar-refractivity contribution is -0.119. The van der Waals surface area contributed by atoms with Gasteiger partial charge in [0.15, 0.2) is 21.7 Å². The van der Waals surface area contributed by atoms with E-state index in [1.807, 2.05) is 0 Å². The molecular weight excluding hydrogens is 424 g/mol.